The topological polar surface area (TPSA) is 30.2 Å². The van der Waals surface area contributed by atoms with E-state index in [1.807, 2.05) is 25.5 Å². The van der Waals surface area contributed by atoms with Crippen LogP contribution in [0.4, 0.5) is 5.82 Å². The van der Waals surface area contributed by atoms with Gasteiger partial charge in [-0.05, 0) is 19.9 Å². The number of hydrogen-bond acceptors (Lipinski definition) is 2. The summed E-state index contributed by atoms with van der Waals surface area (Å²) in [6.45, 7) is 7.51. The molecular weight excluding hydrogens is 150 g/mol. The molecule has 0 amide bonds. The maximum atomic E-state index is 4.28. The average molecular weight is 163 g/mol. The Morgan fingerprint density at radius 2 is 2.25 bits per heavy atom. The van der Waals surface area contributed by atoms with Crippen molar-refractivity contribution >= 4 is 18.1 Å². The number of aryl methyl sites for hydroxylation is 1. The minimum absolute atomic E-state index is 0.841. The number of hydrogen-bond donors (Lipinski definition) is 0. The Labute approximate surface area is 72.5 Å². The molecule has 3 nitrogen and oxygen atoms in total. The standard InChI is InChI=1S/C9H13N3/c1-5-8-9(10-6-2)12(4)7(3)11-8/h5-6H,1H2,2-4H3/b10-6-. The maximum Gasteiger partial charge on any atom is 0.159 e. The molecule has 1 rings (SSSR count). The predicted molar refractivity (Wildman–Crippen MR) is 51.9 cm³/mol. The molecule has 0 saturated carbocycles. The van der Waals surface area contributed by atoms with Gasteiger partial charge in [-0.15, -0.1) is 0 Å². The maximum absolute atomic E-state index is 4.28. The molecule has 0 saturated heterocycles. The molecule has 0 spiro atoms. The van der Waals surface area contributed by atoms with Crippen molar-refractivity contribution in [2.45, 2.75) is 13.8 Å². The Morgan fingerprint density at radius 3 is 2.75 bits per heavy atom. The van der Waals surface area contributed by atoms with E-state index < -0.39 is 0 Å². The van der Waals surface area contributed by atoms with Gasteiger partial charge in [0.1, 0.15) is 11.5 Å². The zero-order valence-corrected chi connectivity index (χ0v) is 7.70. The van der Waals surface area contributed by atoms with E-state index >= 15 is 0 Å². The van der Waals surface area contributed by atoms with Gasteiger partial charge in [0.05, 0.1) is 0 Å². The quantitative estimate of drug-likeness (QED) is 0.614. The summed E-state index contributed by atoms with van der Waals surface area (Å²) < 4.78 is 1.94. The highest BCUT2D eigenvalue weighted by atomic mass is 15.1. The van der Waals surface area contributed by atoms with Gasteiger partial charge in [0, 0.05) is 13.3 Å². The molecule has 1 heterocycles. The summed E-state index contributed by atoms with van der Waals surface area (Å²) in [5.74, 6) is 1.82. The van der Waals surface area contributed by atoms with Crippen molar-refractivity contribution < 1.29 is 0 Å². The molecule has 0 N–H and O–H groups in total. The minimum atomic E-state index is 0.841. The first kappa shape index (κ1) is 8.71. The summed E-state index contributed by atoms with van der Waals surface area (Å²) in [5, 5.41) is 0. The highest BCUT2D eigenvalue weighted by Crippen LogP contribution is 2.19. The van der Waals surface area contributed by atoms with Gasteiger partial charge in [-0.1, -0.05) is 6.58 Å². The summed E-state index contributed by atoms with van der Waals surface area (Å²) in [4.78, 5) is 8.48. The van der Waals surface area contributed by atoms with Crippen molar-refractivity contribution in [3.8, 4) is 0 Å². The first-order valence-corrected chi connectivity index (χ1v) is 3.85. The summed E-state index contributed by atoms with van der Waals surface area (Å²) in [6, 6.07) is 0. The SMILES string of the molecule is C=Cc1nc(C)n(C)c1/N=C\C. The summed E-state index contributed by atoms with van der Waals surface area (Å²) in [6.07, 6.45) is 3.47. The Balaban J connectivity index is 3.30. The Morgan fingerprint density at radius 1 is 1.58 bits per heavy atom. The Bertz CT molecular complexity index is 321. The minimum Gasteiger partial charge on any atom is -0.316 e. The molecule has 12 heavy (non-hydrogen) atoms. The van der Waals surface area contributed by atoms with Crippen LogP contribution in [0.15, 0.2) is 11.6 Å². The fourth-order valence-corrected chi connectivity index (χ4v) is 1.04. The number of aliphatic imine (C=N–C) groups is 1. The van der Waals surface area contributed by atoms with Gasteiger partial charge in [0.2, 0.25) is 0 Å². The van der Waals surface area contributed by atoms with Gasteiger partial charge >= 0.3 is 0 Å². The largest absolute Gasteiger partial charge is 0.316 e. The second-order valence-corrected chi connectivity index (χ2v) is 2.52. The monoisotopic (exact) mass is 163 g/mol. The van der Waals surface area contributed by atoms with Crippen LogP contribution in [0.1, 0.15) is 18.4 Å². The van der Waals surface area contributed by atoms with E-state index in [1.165, 1.54) is 0 Å². The lowest BCUT2D eigenvalue weighted by molar-refractivity contribution is 0.859. The van der Waals surface area contributed by atoms with Crippen molar-refractivity contribution in [1.82, 2.24) is 9.55 Å². The molecule has 0 aliphatic heterocycles. The molecule has 3 heteroatoms. The fourth-order valence-electron chi connectivity index (χ4n) is 1.04. The van der Waals surface area contributed by atoms with Gasteiger partial charge in [-0.25, -0.2) is 9.98 Å². The zero-order valence-electron chi connectivity index (χ0n) is 7.70. The van der Waals surface area contributed by atoms with Crippen LogP contribution in [0.5, 0.6) is 0 Å². The number of rotatable bonds is 2. The van der Waals surface area contributed by atoms with Crippen LogP contribution in [0.3, 0.4) is 0 Å². The van der Waals surface area contributed by atoms with E-state index in [4.69, 9.17) is 0 Å². The van der Waals surface area contributed by atoms with E-state index in [1.54, 1.807) is 12.3 Å². The molecule has 0 fully saturated rings. The average Bonchev–Trinajstić information content (AvgIpc) is 2.33. The lowest BCUT2D eigenvalue weighted by Crippen LogP contribution is -1.89. The lowest BCUT2D eigenvalue weighted by Gasteiger charge is -1.96. The fraction of sp³-hybridized carbons (Fsp3) is 0.333. The summed E-state index contributed by atoms with van der Waals surface area (Å²) >= 11 is 0. The van der Waals surface area contributed by atoms with Crippen LogP contribution in [-0.2, 0) is 7.05 Å². The smallest absolute Gasteiger partial charge is 0.159 e. The summed E-state index contributed by atoms with van der Waals surface area (Å²) in [5.41, 5.74) is 0.841. The zero-order chi connectivity index (χ0) is 9.14. The van der Waals surface area contributed by atoms with E-state index in [0.29, 0.717) is 0 Å². The van der Waals surface area contributed by atoms with Gasteiger partial charge < -0.3 is 4.57 Å². The first-order valence-electron chi connectivity index (χ1n) is 3.85. The van der Waals surface area contributed by atoms with Crippen molar-refractivity contribution in [1.29, 1.82) is 0 Å². The van der Waals surface area contributed by atoms with Crippen molar-refractivity contribution in [3.05, 3.63) is 18.1 Å². The third-order valence-electron chi connectivity index (χ3n) is 1.76. The van der Waals surface area contributed by atoms with Crippen molar-refractivity contribution in [3.63, 3.8) is 0 Å². The van der Waals surface area contributed by atoms with E-state index in [2.05, 4.69) is 16.6 Å². The van der Waals surface area contributed by atoms with Gasteiger partial charge in [0.25, 0.3) is 0 Å². The molecule has 0 aliphatic rings. The highest BCUT2D eigenvalue weighted by molar-refractivity contribution is 5.65. The van der Waals surface area contributed by atoms with Gasteiger partial charge in [-0.3, -0.25) is 0 Å². The molecule has 64 valence electrons. The highest BCUT2D eigenvalue weighted by Gasteiger charge is 2.06. The summed E-state index contributed by atoms with van der Waals surface area (Å²) in [7, 11) is 1.94. The van der Waals surface area contributed by atoms with E-state index in [-0.39, 0.29) is 0 Å². The molecule has 0 radical (unpaired) electrons. The molecule has 1 aromatic rings. The molecule has 0 bridgehead atoms. The number of imidazole rings is 1. The van der Waals surface area contributed by atoms with Gasteiger partial charge in [0.15, 0.2) is 5.82 Å². The van der Waals surface area contributed by atoms with Crippen LogP contribution in [0, 0.1) is 6.92 Å². The van der Waals surface area contributed by atoms with Crippen LogP contribution < -0.4 is 0 Å². The first-order chi connectivity index (χ1) is 5.70. The molecular formula is C9H13N3. The third kappa shape index (κ3) is 1.30. The Hall–Kier alpha value is -1.38. The second-order valence-electron chi connectivity index (χ2n) is 2.52. The van der Waals surface area contributed by atoms with Gasteiger partial charge in [-0.2, -0.15) is 0 Å². The van der Waals surface area contributed by atoms with Crippen LogP contribution in [0.25, 0.3) is 6.08 Å². The number of aromatic nitrogens is 2. The van der Waals surface area contributed by atoms with Crippen LogP contribution in [-0.4, -0.2) is 15.8 Å². The Kier molecular flexibility index (Phi) is 2.43. The lowest BCUT2D eigenvalue weighted by atomic mass is 10.4. The molecule has 1 aromatic heterocycles. The van der Waals surface area contributed by atoms with Crippen LogP contribution >= 0.6 is 0 Å². The van der Waals surface area contributed by atoms with E-state index in [0.717, 1.165) is 17.3 Å². The van der Waals surface area contributed by atoms with Crippen LogP contribution in [0.2, 0.25) is 0 Å². The van der Waals surface area contributed by atoms with Crippen molar-refractivity contribution in [2.75, 3.05) is 0 Å². The molecule has 0 atom stereocenters. The third-order valence-corrected chi connectivity index (χ3v) is 1.76. The number of nitrogens with zero attached hydrogens (tertiary/aromatic N) is 3. The molecule has 0 aromatic carbocycles. The predicted octanol–water partition coefficient (Wildman–Crippen LogP) is 2.09. The second kappa shape index (κ2) is 3.34. The normalized spacial score (nSPS) is 10.9. The molecule has 0 unspecified atom stereocenters. The molecule has 0 aliphatic carbocycles. The van der Waals surface area contributed by atoms with E-state index in [9.17, 15) is 0 Å². The van der Waals surface area contributed by atoms with Crippen molar-refractivity contribution in [2.24, 2.45) is 12.0 Å².